The van der Waals surface area contributed by atoms with Gasteiger partial charge in [0.2, 0.25) is 5.91 Å². The summed E-state index contributed by atoms with van der Waals surface area (Å²) in [6, 6.07) is 14.7. The first-order valence-corrected chi connectivity index (χ1v) is 7.68. The first-order chi connectivity index (χ1) is 11.0. The molecule has 23 heavy (non-hydrogen) atoms. The maximum atomic E-state index is 12.4. The summed E-state index contributed by atoms with van der Waals surface area (Å²) in [5.41, 5.74) is 9.11. The summed E-state index contributed by atoms with van der Waals surface area (Å²) in [6.07, 6.45) is 1.16. The van der Waals surface area contributed by atoms with Gasteiger partial charge >= 0.3 is 0 Å². The Morgan fingerprint density at radius 2 is 1.65 bits per heavy atom. The van der Waals surface area contributed by atoms with Crippen LogP contribution >= 0.6 is 0 Å². The van der Waals surface area contributed by atoms with Crippen molar-refractivity contribution in [3.8, 4) is 0 Å². The van der Waals surface area contributed by atoms with Gasteiger partial charge in [0.05, 0.1) is 0 Å². The van der Waals surface area contributed by atoms with Crippen molar-refractivity contribution in [3.63, 3.8) is 0 Å². The van der Waals surface area contributed by atoms with Gasteiger partial charge in [-0.3, -0.25) is 9.59 Å². The molecule has 3 N–H and O–H groups in total. The molecule has 0 radical (unpaired) electrons. The van der Waals surface area contributed by atoms with E-state index in [1.54, 1.807) is 12.1 Å². The number of carbonyl (C=O) groups excluding carboxylic acids is 2. The number of nitrogens with two attached hydrogens (primary N) is 1. The fraction of sp³-hybridized carbons (Fsp3) is 0.263. The van der Waals surface area contributed by atoms with Crippen LogP contribution in [0.1, 0.15) is 33.5 Å². The lowest BCUT2D eigenvalue weighted by Crippen LogP contribution is -2.44. The molecule has 120 valence electrons. The minimum absolute atomic E-state index is 0.270. The molecule has 0 spiro atoms. The molecule has 1 atom stereocenters. The van der Waals surface area contributed by atoms with Gasteiger partial charge in [0.1, 0.15) is 6.04 Å². The molecule has 0 saturated heterocycles. The highest BCUT2D eigenvalue weighted by atomic mass is 16.2. The summed E-state index contributed by atoms with van der Waals surface area (Å²) in [5, 5.41) is 2.74. The standard InChI is InChI=1S/C19H22N2O2/c1-13-10-14(2)12-16(11-13)19(23)21-17(18(20)22)9-8-15-6-4-3-5-7-15/h3-7,10-12,17H,8-9H2,1-2H3,(H2,20,22)(H,21,23)/t17-/m1/s1. The van der Waals surface area contributed by atoms with E-state index in [4.69, 9.17) is 5.73 Å². The smallest absolute Gasteiger partial charge is 0.251 e. The van der Waals surface area contributed by atoms with Crippen molar-refractivity contribution >= 4 is 11.8 Å². The quantitative estimate of drug-likeness (QED) is 0.860. The maximum absolute atomic E-state index is 12.4. The first kappa shape index (κ1) is 16.7. The lowest BCUT2D eigenvalue weighted by Gasteiger charge is -2.16. The van der Waals surface area contributed by atoms with E-state index in [1.165, 1.54) is 0 Å². The van der Waals surface area contributed by atoms with Gasteiger partial charge in [0, 0.05) is 5.56 Å². The van der Waals surface area contributed by atoms with Crippen molar-refractivity contribution in [2.45, 2.75) is 32.7 Å². The molecule has 0 aliphatic rings. The Bertz CT molecular complexity index is 676. The number of nitrogens with one attached hydrogen (secondary N) is 1. The third-order valence-corrected chi connectivity index (χ3v) is 3.70. The van der Waals surface area contributed by atoms with Gasteiger partial charge in [0.15, 0.2) is 0 Å². The Hall–Kier alpha value is -2.62. The molecule has 0 aliphatic heterocycles. The molecule has 2 aromatic carbocycles. The number of carbonyl (C=O) groups is 2. The molecule has 0 aromatic heterocycles. The van der Waals surface area contributed by atoms with E-state index in [2.05, 4.69) is 5.32 Å². The SMILES string of the molecule is Cc1cc(C)cc(C(=O)N[C@H](CCc2ccccc2)C(N)=O)c1. The highest BCUT2D eigenvalue weighted by Crippen LogP contribution is 2.10. The predicted octanol–water partition coefficient (Wildman–Crippen LogP) is 2.52. The number of hydrogen-bond donors (Lipinski definition) is 2. The molecule has 2 rings (SSSR count). The first-order valence-electron chi connectivity index (χ1n) is 7.68. The van der Waals surface area contributed by atoms with Crippen molar-refractivity contribution in [1.29, 1.82) is 0 Å². The molecule has 0 saturated carbocycles. The second kappa shape index (κ2) is 7.58. The van der Waals surface area contributed by atoms with E-state index in [0.717, 1.165) is 16.7 Å². The minimum Gasteiger partial charge on any atom is -0.368 e. The Labute approximate surface area is 136 Å². The average molecular weight is 310 g/mol. The third kappa shape index (κ3) is 4.95. The van der Waals surface area contributed by atoms with Gasteiger partial charge in [-0.2, -0.15) is 0 Å². The molecule has 0 fully saturated rings. The molecule has 0 heterocycles. The van der Waals surface area contributed by atoms with Crippen molar-refractivity contribution in [2.24, 2.45) is 5.73 Å². The molecular weight excluding hydrogens is 288 g/mol. The number of rotatable bonds is 6. The van der Waals surface area contributed by atoms with E-state index >= 15 is 0 Å². The second-order valence-corrected chi connectivity index (χ2v) is 5.83. The summed E-state index contributed by atoms with van der Waals surface area (Å²) < 4.78 is 0. The monoisotopic (exact) mass is 310 g/mol. The van der Waals surface area contributed by atoms with Gasteiger partial charge in [-0.15, -0.1) is 0 Å². The molecule has 4 heteroatoms. The molecular formula is C19H22N2O2. The molecule has 0 bridgehead atoms. The van der Waals surface area contributed by atoms with Crippen molar-refractivity contribution in [1.82, 2.24) is 5.32 Å². The lowest BCUT2D eigenvalue weighted by atomic mass is 10.0. The highest BCUT2D eigenvalue weighted by molar-refractivity contribution is 5.97. The van der Waals surface area contributed by atoms with E-state index in [1.807, 2.05) is 50.2 Å². The fourth-order valence-corrected chi connectivity index (χ4v) is 2.59. The number of aryl methyl sites for hydroxylation is 3. The number of benzene rings is 2. The lowest BCUT2D eigenvalue weighted by molar-refractivity contribution is -0.120. The van der Waals surface area contributed by atoms with Gasteiger partial charge < -0.3 is 11.1 Å². The van der Waals surface area contributed by atoms with E-state index < -0.39 is 11.9 Å². The largest absolute Gasteiger partial charge is 0.368 e. The zero-order chi connectivity index (χ0) is 16.8. The van der Waals surface area contributed by atoms with Crippen LogP contribution in [0.15, 0.2) is 48.5 Å². The molecule has 0 unspecified atom stereocenters. The fourth-order valence-electron chi connectivity index (χ4n) is 2.59. The van der Waals surface area contributed by atoms with Gasteiger partial charge in [0.25, 0.3) is 5.91 Å². The Kier molecular flexibility index (Phi) is 5.52. The number of hydrogen-bond acceptors (Lipinski definition) is 2. The Balaban J connectivity index is 2.04. The molecule has 0 aliphatic carbocycles. The summed E-state index contributed by atoms with van der Waals surface area (Å²) in [7, 11) is 0. The Morgan fingerprint density at radius 3 is 2.22 bits per heavy atom. The van der Waals surface area contributed by atoms with Crippen LogP contribution in [0.4, 0.5) is 0 Å². The molecule has 4 nitrogen and oxygen atoms in total. The Morgan fingerprint density at radius 1 is 1.04 bits per heavy atom. The zero-order valence-corrected chi connectivity index (χ0v) is 13.5. The van der Waals surface area contributed by atoms with E-state index in [9.17, 15) is 9.59 Å². The van der Waals surface area contributed by atoms with Crippen molar-refractivity contribution in [2.75, 3.05) is 0 Å². The van der Waals surface area contributed by atoms with Crippen LogP contribution < -0.4 is 11.1 Å². The van der Waals surface area contributed by atoms with Crippen LogP contribution in [0.25, 0.3) is 0 Å². The van der Waals surface area contributed by atoms with Crippen molar-refractivity contribution < 1.29 is 9.59 Å². The number of primary amides is 1. The van der Waals surface area contributed by atoms with Crippen LogP contribution in [-0.4, -0.2) is 17.9 Å². The summed E-state index contributed by atoms with van der Waals surface area (Å²) in [6.45, 7) is 3.87. The summed E-state index contributed by atoms with van der Waals surface area (Å²) in [4.78, 5) is 24.0. The van der Waals surface area contributed by atoms with Crippen molar-refractivity contribution in [3.05, 3.63) is 70.8 Å². The van der Waals surface area contributed by atoms with Crippen LogP contribution in [0.2, 0.25) is 0 Å². The molecule has 2 amide bonds. The summed E-state index contributed by atoms with van der Waals surface area (Å²) >= 11 is 0. The minimum atomic E-state index is -0.677. The van der Waals surface area contributed by atoms with Gasteiger partial charge in [-0.1, -0.05) is 47.5 Å². The predicted molar refractivity (Wildman–Crippen MR) is 91.1 cm³/mol. The van der Waals surface area contributed by atoms with Crippen LogP contribution in [0, 0.1) is 13.8 Å². The maximum Gasteiger partial charge on any atom is 0.251 e. The topological polar surface area (TPSA) is 72.2 Å². The van der Waals surface area contributed by atoms with E-state index in [-0.39, 0.29) is 5.91 Å². The van der Waals surface area contributed by atoms with E-state index in [0.29, 0.717) is 18.4 Å². The van der Waals surface area contributed by atoms with Crippen LogP contribution in [0.3, 0.4) is 0 Å². The molecule has 2 aromatic rings. The summed E-state index contributed by atoms with van der Waals surface area (Å²) in [5.74, 6) is -0.785. The normalized spacial score (nSPS) is 11.7. The zero-order valence-electron chi connectivity index (χ0n) is 13.5. The van der Waals surface area contributed by atoms with Crippen LogP contribution in [-0.2, 0) is 11.2 Å². The highest BCUT2D eigenvalue weighted by Gasteiger charge is 2.19. The number of amides is 2. The average Bonchev–Trinajstić information content (AvgIpc) is 2.51. The van der Waals surface area contributed by atoms with Crippen LogP contribution in [0.5, 0.6) is 0 Å². The van der Waals surface area contributed by atoms with Gasteiger partial charge in [-0.25, -0.2) is 0 Å². The van der Waals surface area contributed by atoms with Gasteiger partial charge in [-0.05, 0) is 44.4 Å². The second-order valence-electron chi connectivity index (χ2n) is 5.83. The third-order valence-electron chi connectivity index (χ3n) is 3.70.